The Morgan fingerprint density at radius 1 is 1.40 bits per heavy atom. The highest BCUT2D eigenvalue weighted by atomic mass is 15.3. The van der Waals surface area contributed by atoms with Gasteiger partial charge < -0.3 is 5.32 Å². The van der Waals surface area contributed by atoms with Crippen molar-refractivity contribution in [3.8, 4) is 0 Å². The van der Waals surface area contributed by atoms with Crippen molar-refractivity contribution in [1.29, 1.82) is 0 Å². The summed E-state index contributed by atoms with van der Waals surface area (Å²) < 4.78 is 0. The second kappa shape index (κ2) is 2.21. The van der Waals surface area contributed by atoms with Crippen molar-refractivity contribution in [1.82, 2.24) is 10.2 Å². The van der Waals surface area contributed by atoms with Gasteiger partial charge in [0.2, 0.25) is 0 Å². The van der Waals surface area contributed by atoms with E-state index in [0.717, 1.165) is 0 Å². The summed E-state index contributed by atoms with van der Waals surface area (Å²) in [6.07, 6.45) is 2.75. The van der Waals surface area contributed by atoms with E-state index < -0.39 is 0 Å². The molecule has 0 aromatic heterocycles. The monoisotopic (exact) mass is 140 g/mol. The lowest BCUT2D eigenvalue weighted by Crippen LogP contribution is -2.54. The fourth-order valence-electron chi connectivity index (χ4n) is 1.93. The molecule has 0 aromatic carbocycles. The van der Waals surface area contributed by atoms with E-state index >= 15 is 0 Å². The maximum absolute atomic E-state index is 3.42. The van der Waals surface area contributed by atoms with E-state index in [1.807, 2.05) is 0 Å². The molecular weight excluding hydrogens is 124 g/mol. The highest BCUT2D eigenvalue weighted by Gasteiger charge is 2.37. The van der Waals surface area contributed by atoms with Crippen LogP contribution in [0.15, 0.2) is 0 Å². The summed E-state index contributed by atoms with van der Waals surface area (Å²) in [5.74, 6) is 0. The average Bonchev–Trinajstić information content (AvgIpc) is 2.09. The van der Waals surface area contributed by atoms with Crippen molar-refractivity contribution in [2.24, 2.45) is 0 Å². The third-order valence-electron chi connectivity index (χ3n) is 2.97. The third-order valence-corrected chi connectivity index (χ3v) is 2.97. The van der Waals surface area contributed by atoms with Crippen LogP contribution in [0.3, 0.4) is 0 Å². The number of nitrogens with one attached hydrogen (secondary N) is 1. The van der Waals surface area contributed by atoms with Crippen molar-refractivity contribution < 1.29 is 0 Å². The van der Waals surface area contributed by atoms with Crippen LogP contribution < -0.4 is 5.32 Å². The summed E-state index contributed by atoms with van der Waals surface area (Å²) in [6, 6.07) is 0. The standard InChI is InChI=1S/C8H16N2/c1-8(3-4-9-7-8)10-5-2-6-10/h9H,2-7H2,1H3/t8-/m1/s1. The smallest absolute Gasteiger partial charge is 0.0317 e. The van der Waals surface area contributed by atoms with Crippen molar-refractivity contribution in [2.45, 2.75) is 25.3 Å². The first-order valence-corrected chi connectivity index (χ1v) is 4.27. The predicted octanol–water partition coefficient (Wildman–Crippen LogP) is 0.444. The van der Waals surface area contributed by atoms with E-state index in [1.54, 1.807) is 0 Å². The summed E-state index contributed by atoms with van der Waals surface area (Å²) in [6.45, 7) is 7.46. The number of rotatable bonds is 1. The maximum Gasteiger partial charge on any atom is 0.0317 e. The molecule has 2 aliphatic heterocycles. The lowest BCUT2D eigenvalue weighted by atomic mass is 9.95. The molecule has 2 rings (SSSR count). The number of likely N-dealkylation sites (tertiary alicyclic amines) is 1. The molecule has 0 aliphatic carbocycles. The van der Waals surface area contributed by atoms with Crippen molar-refractivity contribution in [2.75, 3.05) is 26.2 Å². The summed E-state index contributed by atoms with van der Waals surface area (Å²) in [7, 11) is 0. The average molecular weight is 140 g/mol. The predicted molar refractivity (Wildman–Crippen MR) is 42.1 cm³/mol. The van der Waals surface area contributed by atoms with Crippen LogP contribution in [0, 0.1) is 0 Å². The van der Waals surface area contributed by atoms with Crippen molar-refractivity contribution >= 4 is 0 Å². The molecule has 2 nitrogen and oxygen atoms in total. The minimum absolute atomic E-state index is 0.512. The molecule has 2 saturated heterocycles. The molecule has 0 amide bonds. The molecule has 0 spiro atoms. The molecular formula is C8H16N2. The van der Waals surface area contributed by atoms with Gasteiger partial charge in [0.1, 0.15) is 0 Å². The second-order valence-corrected chi connectivity index (χ2v) is 3.76. The zero-order valence-corrected chi connectivity index (χ0v) is 6.69. The summed E-state index contributed by atoms with van der Waals surface area (Å²) in [4.78, 5) is 2.60. The molecule has 2 heteroatoms. The van der Waals surface area contributed by atoms with Gasteiger partial charge in [-0.25, -0.2) is 0 Å². The van der Waals surface area contributed by atoms with Crippen LogP contribution >= 0.6 is 0 Å². The Hall–Kier alpha value is -0.0800. The third kappa shape index (κ3) is 0.867. The molecule has 2 aliphatic rings. The molecule has 2 heterocycles. The minimum Gasteiger partial charge on any atom is -0.315 e. The lowest BCUT2D eigenvalue weighted by molar-refractivity contribution is 0.0563. The molecule has 1 N–H and O–H groups in total. The molecule has 0 aromatic rings. The van der Waals surface area contributed by atoms with Gasteiger partial charge in [-0.15, -0.1) is 0 Å². The topological polar surface area (TPSA) is 15.3 Å². The lowest BCUT2D eigenvalue weighted by Gasteiger charge is -2.44. The van der Waals surface area contributed by atoms with Gasteiger partial charge in [-0.2, -0.15) is 0 Å². The summed E-state index contributed by atoms with van der Waals surface area (Å²) in [5, 5.41) is 3.42. The molecule has 1 atom stereocenters. The summed E-state index contributed by atoms with van der Waals surface area (Å²) >= 11 is 0. The first kappa shape index (κ1) is 6.62. The highest BCUT2D eigenvalue weighted by molar-refractivity contribution is 4.96. The van der Waals surface area contributed by atoms with Crippen LogP contribution in [0.2, 0.25) is 0 Å². The number of hydrogen-bond acceptors (Lipinski definition) is 2. The Morgan fingerprint density at radius 3 is 2.60 bits per heavy atom. The SMILES string of the molecule is C[C@@]1(N2CCC2)CCNC1. The first-order valence-electron chi connectivity index (χ1n) is 4.27. The number of hydrogen-bond donors (Lipinski definition) is 1. The van der Waals surface area contributed by atoms with E-state index in [2.05, 4.69) is 17.1 Å². The maximum atomic E-state index is 3.42. The normalized spacial score (nSPS) is 41.7. The van der Waals surface area contributed by atoms with Crippen molar-refractivity contribution in [3.63, 3.8) is 0 Å². The largest absolute Gasteiger partial charge is 0.315 e. The molecule has 58 valence electrons. The van der Waals surface area contributed by atoms with Gasteiger partial charge in [0.25, 0.3) is 0 Å². The van der Waals surface area contributed by atoms with Gasteiger partial charge in [0.15, 0.2) is 0 Å². The van der Waals surface area contributed by atoms with Crippen molar-refractivity contribution in [3.05, 3.63) is 0 Å². The Balaban J connectivity index is 1.98. The van der Waals surface area contributed by atoms with Crippen LogP contribution in [0.1, 0.15) is 19.8 Å². The van der Waals surface area contributed by atoms with Gasteiger partial charge in [-0.3, -0.25) is 4.90 Å². The quantitative estimate of drug-likeness (QED) is 0.568. The summed E-state index contributed by atoms with van der Waals surface area (Å²) in [5.41, 5.74) is 0.512. The minimum atomic E-state index is 0.512. The van der Waals surface area contributed by atoms with Gasteiger partial charge in [0, 0.05) is 12.1 Å². The van der Waals surface area contributed by atoms with E-state index in [4.69, 9.17) is 0 Å². The first-order chi connectivity index (χ1) is 4.81. The van der Waals surface area contributed by atoms with Gasteiger partial charge in [-0.1, -0.05) is 0 Å². The zero-order chi connectivity index (χ0) is 7.03. The molecule has 0 bridgehead atoms. The Labute approximate surface area is 62.6 Å². The van der Waals surface area contributed by atoms with Gasteiger partial charge >= 0.3 is 0 Å². The molecule has 0 saturated carbocycles. The zero-order valence-electron chi connectivity index (χ0n) is 6.69. The van der Waals surface area contributed by atoms with E-state index in [-0.39, 0.29) is 0 Å². The molecule has 2 fully saturated rings. The molecule has 0 unspecified atom stereocenters. The van der Waals surface area contributed by atoms with Crippen LogP contribution in [0.4, 0.5) is 0 Å². The fraction of sp³-hybridized carbons (Fsp3) is 1.00. The molecule has 0 radical (unpaired) electrons. The number of nitrogens with zero attached hydrogens (tertiary/aromatic N) is 1. The Bertz CT molecular complexity index is 123. The van der Waals surface area contributed by atoms with E-state index in [9.17, 15) is 0 Å². The van der Waals surface area contributed by atoms with Crippen LogP contribution in [-0.4, -0.2) is 36.6 Å². The fourth-order valence-corrected chi connectivity index (χ4v) is 1.93. The van der Waals surface area contributed by atoms with Gasteiger partial charge in [-0.05, 0) is 39.4 Å². The Kier molecular flexibility index (Phi) is 1.46. The Morgan fingerprint density at radius 2 is 2.20 bits per heavy atom. The van der Waals surface area contributed by atoms with Crippen LogP contribution in [0.5, 0.6) is 0 Å². The highest BCUT2D eigenvalue weighted by Crippen LogP contribution is 2.26. The van der Waals surface area contributed by atoms with Gasteiger partial charge in [0.05, 0.1) is 0 Å². The van der Waals surface area contributed by atoms with Crippen LogP contribution in [0.25, 0.3) is 0 Å². The van der Waals surface area contributed by atoms with E-state index in [1.165, 1.54) is 39.0 Å². The van der Waals surface area contributed by atoms with Crippen LogP contribution in [-0.2, 0) is 0 Å². The second-order valence-electron chi connectivity index (χ2n) is 3.76. The van der Waals surface area contributed by atoms with E-state index in [0.29, 0.717) is 5.54 Å². The molecule has 10 heavy (non-hydrogen) atoms.